The van der Waals surface area contributed by atoms with Crippen molar-refractivity contribution < 1.29 is 33.9 Å². The number of amides is 5. The van der Waals surface area contributed by atoms with Crippen molar-refractivity contribution in [3.8, 4) is 0 Å². The van der Waals surface area contributed by atoms with E-state index in [0.29, 0.717) is 0 Å². The zero-order valence-electron chi connectivity index (χ0n) is 19.2. The number of thiol groups is 2. The normalized spacial score (nSPS) is 15.3. The van der Waals surface area contributed by atoms with E-state index in [4.69, 9.17) is 11.5 Å². The molecule has 0 aromatic heterocycles. The quantitative estimate of drug-likeness (QED) is 0.101. The lowest BCUT2D eigenvalue weighted by Gasteiger charge is -2.25. The number of hydrogen-bond donors (Lipinski definition) is 9. The first kappa shape index (κ1) is 31.5. The van der Waals surface area contributed by atoms with Crippen molar-refractivity contribution >= 4 is 60.8 Å². The van der Waals surface area contributed by atoms with Crippen molar-refractivity contribution in [3.05, 3.63) is 0 Å². The van der Waals surface area contributed by atoms with Gasteiger partial charge in [-0.1, -0.05) is 13.8 Å². The summed E-state index contributed by atoms with van der Waals surface area (Å²) in [4.78, 5) is 72.0. The Morgan fingerprint density at radius 1 is 0.765 bits per heavy atom. The molecule has 15 heteroatoms. The molecule has 0 aliphatic carbocycles. The third-order valence-corrected chi connectivity index (χ3v) is 5.22. The molecule has 0 heterocycles. The molecule has 194 valence electrons. The van der Waals surface area contributed by atoms with Crippen molar-refractivity contribution in [2.24, 2.45) is 17.4 Å². The van der Waals surface area contributed by atoms with Gasteiger partial charge in [0.25, 0.3) is 0 Å². The number of hydrogen-bond acceptors (Lipinski definition) is 9. The highest BCUT2D eigenvalue weighted by Crippen LogP contribution is 2.07. The third-order valence-electron chi connectivity index (χ3n) is 4.46. The smallest absolute Gasteiger partial charge is 0.326 e. The Labute approximate surface area is 208 Å². The van der Waals surface area contributed by atoms with Crippen molar-refractivity contribution in [3.63, 3.8) is 0 Å². The number of aliphatic carboxylic acids is 1. The fourth-order valence-corrected chi connectivity index (χ4v) is 3.03. The summed E-state index contributed by atoms with van der Waals surface area (Å²) >= 11 is 7.94. The number of nitrogens with one attached hydrogen (secondary N) is 4. The lowest BCUT2D eigenvalue weighted by Crippen LogP contribution is -2.58. The van der Waals surface area contributed by atoms with Gasteiger partial charge in [0, 0.05) is 11.5 Å². The van der Waals surface area contributed by atoms with Gasteiger partial charge < -0.3 is 37.8 Å². The first-order valence-corrected chi connectivity index (χ1v) is 11.7. The maximum atomic E-state index is 12.6. The van der Waals surface area contributed by atoms with Gasteiger partial charge in [-0.05, 0) is 19.3 Å². The second kappa shape index (κ2) is 15.4. The topological polar surface area (TPSA) is 223 Å². The molecule has 0 fully saturated rings. The van der Waals surface area contributed by atoms with Gasteiger partial charge in [-0.3, -0.25) is 24.0 Å². The molecule has 9 N–H and O–H groups in total. The number of carboxylic acids is 1. The van der Waals surface area contributed by atoms with Crippen LogP contribution in [0.15, 0.2) is 0 Å². The maximum absolute atomic E-state index is 12.6. The molecule has 5 atom stereocenters. The zero-order chi connectivity index (χ0) is 26.6. The van der Waals surface area contributed by atoms with Crippen LogP contribution in [0.5, 0.6) is 0 Å². The van der Waals surface area contributed by atoms with Crippen LogP contribution in [-0.4, -0.2) is 82.3 Å². The lowest BCUT2D eigenvalue weighted by atomic mass is 10.0. The summed E-state index contributed by atoms with van der Waals surface area (Å²) in [5.74, 6) is -5.32. The molecule has 0 aromatic rings. The molecule has 0 aliphatic heterocycles. The molecule has 0 bridgehead atoms. The van der Waals surface area contributed by atoms with Crippen LogP contribution in [0.1, 0.15) is 33.6 Å². The van der Waals surface area contributed by atoms with Gasteiger partial charge in [-0.25, -0.2) is 4.79 Å². The minimum absolute atomic E-state index is 0.0625. The first-order valence-electron chi connectivity index (χ1n) is 10.4. The summed E-state index contributed by atoms with van der Waals surface area (Å²) in [7, 11) is 0. The van der Waals surface area contributed by atoms with Crippen molar-refractivity contribution in [2.45, 2.75) is 63.8 Å². The average molecular weight is 523 g/mol. The summed E-state index contributed by atoms with van der Waals surface area (Å²) in [5.41, 5.74) is 10.6. The fraction of sp³-hybridized carbons (Fsp3) is 0.684. The summed E-state index contributed by atoms with van der Waals surface area (Å²) in [6.07, 6.45) is -0.471. The molecule has 0 spiro atoms. The van der Waals surface area contributed by atoms with E-state index in [2.05, 4.69) is 46.5 Å². The molecule has 34 heavy (non-hydrogen) atoms. The standard InChI is InChI=1S/C19H34N6O7S2/c1-8(2)4-11(17(29)24-12(19(31)32)5-14(21)26)23-15(27)9(3)22-18(30)13(7-34)25-16(28)10(20)6-33/h8-13,33-34H,4-7,20H2,1-3H3,(H2,21,26)(H,22,30)(H,23,27)(H,24,29)(H,25,28)(H,31,32). The van der Waals surface area contributed by atoms with E-state index in [-0.39, 0.29) is 23.8 Å². The van der Waals surface area contributed by atoms with E-state index >= 15 is 0 Å². The van der Waals surface area contributed by atoms with Crippen LogP contribution >= 0.6 is 25.3 Å². The van der Waals surface area contributed by atoms with Gasteiger partial charge in [-0.2, -0.15) is 25.3 Å². The SMILES string of the molecule is CC(C)CC(NC(=O)C(C)NC(=O)C(CS)NC(=O)C(N)CS)C(=O)NC(CC(N)=O)C(=O)O. The molecule has 5 amide bonds. The Hall–Kier alpha value is -2.52. The average Bonchev–Trinajstić information content (AvgIpc) is 2.74. The van der Waals surface area contributed by atoms with E-state index in [0.717, 1.165) is 0 Å². The second-order valence-corrected chi connectivity index (χ2v) is 8.75. The third kappa shape index (κ3) is 11.6. The predicted octanol–water partition coefficient (Wildman–Crippen LogP) is -2.86. The molecular weight excluding hydrogens is 488 g/mol. The highest BCUT2D eigenvalue weighted by Gasteiger charge is 2.30. The fourth-order valence-electron chi connectivity index (χ4n) is 2.61. The van der Waals surface area contributed by atoms with Crippen LogP contribution in [0.3, 0.4) is 0 Å². The number of primary amides is 1. The van der Waals surface area contributed by atoms with Crippen molar-refractivity contribution in [1.29, 1.82) is 0 Å². The molecule has 5 unspecified atom stereocenters. The molecule has 13 nitrogen and oxygen atoms in total. The Morgan fingerprint density at radius 3 is 1.71 bits per heavy atom. The van der Waals surface area contributed by atoms with Gasteiger partial charge in [0.1, 0.15) is 24.2 Å². The van der Waals surface area contributed by atoms with Crippen LogP contribution < -0.4 is 32.7 Å². The predicted molar refractivity (Wildman–Crippen MR) is 130 cm³/mol. The van der Waals surface area contributed by atoms with Crippen LogP contribution in [-0.2, 0) is 28.8 Å². The summed E-state index contributed by atoms with van der Waals surface area (Å²) in [6, 6.07) is -5.82. The number of rotatable bonds is 15. The summed E-state index contributed by atoms with van der Waals surface area (Å²) in [5, 5.41) is 18.7. The summed E-state index contributed by atoms with van der Waals surface area (Å²) < 4.78 is 0. The molecule has 0 saturated heterocycles. The second-order valence-electron chi connectivity index (χ2n) is 8.02. The van der Waals surface area contributed by atoms with E-state index in [1.165, 1.54) is 6.92 Å². The molecule has 0 radical (unpaired) electrons. The molecule has 0 aromatic carbocycles. The summed E-state index contributed by atoms with van der Waals surface area (Å²) in [6.45, 7) is 4.93. The minimum Gasteiger partial charge on any atom is -0.480 e. The Balaban J connectivity index is 5.24. The Morgan fingerprint density at radius 2 is 1.26 bits per heavy atom. The Kier molecular flexibility index (Phi) is 14.3. The highest BCUT2D eigenvalue weighted by atomic mass is 32.1. The van der Waals surface area contributed by atoms with Crippen LogP contribution in [0.25, 0.3) is 0 Å². The number of carboxylic acid groups (broad SMARTS) is 1. The number of carbonyl (C=O) groups excluding carboxylic acids is 5. The van der Waals surface area contributed by atoms with Gasteiger partial charge >= 0.3 is 5.97 Å². The van der Waals surface area contributed by atoms with Gasteiger partial charge in [-0.15, -0.1) is 0 Å². The highest BCUT2D eigenvalue weighted by molar-refractivity contribution is 7.80. The largest absolute Gasteiger partial charge is 0.480 e. The van der Waals surface area contributed by atoms with Crippen molar-refractivity contribution in [1.82, 2.24) is 21.3 Å². The van der Waals surface area contributed by atoms with Gasteiger partial charge in [0.05, 0.1) is 12.5 Å². The first-order chi connectivity index (χ1) is 15.7. The molecular formula is C19H34N6O7S2. The molecule has 0 saturated carbocycles. The zero-order valence-corrected chi connectivity index (χ0v) is 21.0. The van der Waals surface area contributed by atoms with Crippen LogP contribution in [0.2, 0.25) is 0 Å². The lowest BCUT2D eigenvalue weighted by molar-refractivity contribution is -0.143. The number of carbonyl (C=O) groups is 6. The Bertz CT molecular complexity index is 767. The van der Waals surface area contributed by atoms with Crippen LogP contribution in [0.4, 0.5) is 0 Å². The van der Waals surface area contributed by atoms with E-state index < -0.39 is 72.1 Å². The monoisotopic (exact) mass is 522 g/mol. The van der Waals surface area contributed by atoms with Crippen molar-refractivity contribution in [2.75, 3.05) is 11.5 Å². The molecule has 0 aliphatic rings. The van der Waals surface area contributed by atoms with E-state index in [1.54, 1.807) is 13.8 Å². The van der Waals surface area contributed by atoms with Gasteiger partial charge in [0.2, 0.25) is 29.5 Å². The van der Waals surface area contributed by atoms with E-state index in [1.807, 2.05) is 0 Å². The van der Waals surface area contributed by atoms with Crippen LogP contribution in [0, 0.1) is 5.92 Å². The molecule has 0 rings (SSSR count). The van der Waals surface area contributed by atoms with E-state index in [9.17, 15) is 33.9 Å². The maximum Gasteiger partial charge on any atom is 0.326 e. The number of nitrogens with two attached hydrogens (primary N) is 2. The van der Waals surface area contributed by atoms with Gasteiger partial charge in [0.15, 0.2) is 0 Å². The minimum atomic E-state index is -1.56.